The highest BCUT2D eigenvalue weighted by Crippen LogP contribution is 2.29. The van der Waals surface area contributed by atoms with Gasteiger partial charge in [-0.3, -0.25) is 9.48 Å². The maximum atomic E-state index is 12.6. The summed E-state index contributed by atoms with van der Waals surface area (Å²) in [5, 5.41) is 11.5. The van der Waals surface area contributed by atoms with Crippen molar-refractivity contribution in [3.63, 3.8) is 0 Å². The van der Waals surface area contributed by atoms with Crippen molar-refractivity contribution in [2.45, 2.75) is 25.3 Å². The first kappa shape index (κ1) is 14.6. The van der Waals surface area contributed by atoms with Crippen LogP contribution in [0.2, 0.25) is 0 Å². The van der Waals surface area contributed by atoms with Crippen LogP contribution in [0.3, 0.4) is 0 Å². The standard InChI is InChI=1S/C16H17N7O/c1-22-14-4-2-3-13(12(14)8-19-22)21-16(24)11-5-6-18-15(7-11)23-10-17-9-20-23/h5-10,13H,2-4H2,1H3,(H,21,24)/t13-/m0/s1. The highest BCUT2D eigenvalue weighted by atomic mass is 16.1. The Kier molecular flexibility index (Phi) is 3.56. The molecule has 0 aromatic carbocycles. The number of fused-ring (bicyclic) bond motifs is 1. The van der Waals surface area contributed by atoms with Crippen LogP contribution >= 0.6 is 0 Å². The number of carbonyl (C=O) groups excluding carboxylic acids is 1. The van der Waals surface area contributed by atoms with Crippen molar-refractivity contribution < 1.29 is 4.79 Å². The van der Waals surface area contributed by atoms with Crippen LogP contribution < -0.4 is 5.32 Å². The molecular formula is C16H17N7O. The lowest BCUT2D eigenvalue weighted by atomic mass is 9.93. The van der Waals surface area contributed by atoms with Crippen LogP contribution in [0, 0.1) is 0 Å². The first-order valence-corrected chi connectivity index (χ1v) is 7.85. The fourth-order valence-electron chi connectivity index (χ4n) is 3.11. The van der Waals surface area contributed by atoms with Gasteiger partial charge in [0.15, 0.2) is 5.82 Å². The van der Waals surface area contributed by atoms with E-state index in [1.165, 1.54) is 16.7 Å². The van der Waals surface area contributed by atoms with Crippen LogP contribution in [0.4, 0.5) is 0 Å². The fourth-order valence-corrected chi connectivity index (χ4v) is 3.11. The van der Waals surface area contributed by atoms with Crippen molar-refractivity contribution in [1.82, 2.24) is 34.8 Å². The molecule has 1 amide bonds. The molecule has 0 aliphatic heterocycles. The van der Waals surface area contributed by atoms with Gasteiger partial charge in [-0.15, -0.1) is 0 Å². The minimum atomic E-state index is -0.125. The number of nitrogens with one attached hydrogen (secondary N) is 1. The number of hydrogen-bond donors (Lipinski definition) is 1. The van der Waals surface area contributed by atoms with Gasteiger partial charge in [0.1, 0.15) is 12.7 Å². The van der Waals surface area contributed by atoms with E-state index in [1.54, 1.807) is 24.7 Å². The molecule has 0 unspecified atom stereocenters. The molecule has 1 aliphatic rings. The summed E-state index contributed by atoms with van der Waals surface area (Å²) in [6, 6.07) is 3.40. The fraction of sp³-hybridized carbons (Fsp3) is 0.312. The van der Waals surface area contributed by atoms with Gasteiger partial charge in [0.25, 0.3) is 5.91 Å². The van der Waals surface area contributed by atoms with Crippen LogP contribution in [0.5, 0.6) is 0 Å². The first-order valence-electron chi connectivity index (χ1n) is 7.85. The molecule has 0 saturated carbocycles. The van der Waals surface area contributed by atoms with Crippen molar-refractivity contribution >= 4 is 5.91 Å². The van der Waals surface area contributed by atoms with E-state index in [9.17, 15) is 4.79 Å². The predicted octanol–water partition coefficient (Wildman–Crippen LogP) is 1.20. The SMILES string of the molecule is Cn1ncc2c1CCC[C@@H]2NC(=O)c1ccnc(-n2cncn2)c1. The van der Waals surface area contributed by atoms with Crippen molar-refractivity contribution in [3.8, 4) is 5.82 Å². The number of nitrogens with zero attached hydrogens (tertiary/aromatic N) is 6. The summed E-state index contributed by atoms with van der Waals surface area (Å²) in [5.74, 6) is 0.436. The summed E-state index contributed by atoms with van der Waals surface area (Å²) >= 11 is 0. The summed E-state index contributed by atoms with van der Waals surface area (Å²) in [5.41, 5.74) is 2.86. The molecule has 4 rings (SSSR count). The molecular weight excluding hydrogens is 306 g/mol. The van der Waals surface area contributed by atoms with E-state index in [0.717, 1.165) is 24.8 Å². The maximum Gasteiger partial charge on any atom is 0.251 e. The molecule has 0 spiro atoms. The van der Waals surface area contributed by atoms with Gasteiger partial charge in [-0.1, -0.05) is 0 Å². The average molecular weight is 323 g/mol. The van der Waals surface area contributed by atoms with Gasteiger partial charge in [-0.05, 0) is 31.4 Å². The van der Waals surface area contributed by atoms with Crippen LogP contribution in [0.1, 0.15) is 40.5 Å². The van der Waals surface area contributed by atoms with Crippen molar-refractivity contribution in [2.75, 3.05) is 0 Å². The van der Waals surface area contributed by atoms with Gasteiger partial charge in [0.2, 0.25) is 0 Å². The Labute approximate surface area is 138 Å². The van der Waals surface area contributed by atoms with E-state index in [2.05, 4.69) is 25.5 Å². The van der Waals surface area contributed by atoms with Gasteiger partial charge >= 0.3 is 0 Å². The zero-order chi connectivity index (χ0) is 16.5. The molecule has 0 radical (unpaired) electrons. The average Bonchev–Trinajstić information content (AvgIpc) is 3.26. The summed E-state index contributed by atoms with van der Waals surface area (Å²) in [6.07, 6.45) is 9.40. The molecule has 8 nitrogen and oxygen atoms in total. The largest absolute Gasteiger partial charge is 0.345 e. The van der Waals surface area contributed by atoms with Crippen LogP contribution in [-0.4, -0.2) is 35.4 Å². The van der Waals surface area contributed by atoms with E-state index >= 15 is 0 Å². The summed E-state index contributed by atoms with van der Waals surface area (Å²) < 4.78 is 3.42. The van der Waals surface area contributed by atoms with Crippen LogP contribution in [0.25, 0.3) is 5.82 Å². The first-order chi connectivity index (χ1) is 11.7. The Bertz CT molecular complexity index is 868. The predicted molar refractivity (Wildman–Crippen MR) is 85.5 cm³/mol. The van der Waals surface area contributed by atoms with E-state index < -0.39 is 0 Å². The zero-order valence-electron chi connectivity index (χ0n) is 13.3. The smallest absolute Gasteiger partial charge is 0.251 e. The number of aromatic nitrogens is 6. The molecule has 3 heterocycles. The van der Waals surface area contributed by atoms with Crippen molar-refractivity contribution in [1.29, 1.82) is 0 Å². The minimum Gasteiger partial charge on any atom is -0.345 e. The minimum absolute atomic E-state index is 0.00191. The number of rotatable bonds is 3. The highest BCUT2D eigenvalue weighted by molar-refractivity contribution is 5.94. The number of aryl methyl sites for hydroxylation is 1. The van der Waals surface area contributed by atoms with Gasteiger partial charge in [-0.2, -0.15) is 10.2 Å². The second kappa shape index (κ2) is 5.88. The lowest BCUT2D eigenvalue weighted by Gasteiger charge is -2.23. The van der Waals surface area contributed by atoms with E-state index in [4.69, 9.17) is 0 Å². The van der Waals surface area contributed by atoms with E-state index in [-0.39, 0.29) is 11.9 Å². The Hall–Kier alpha value is -3.03. The van der Waals surface area contributed by atoms with Crippen molar-refractivity contribution in [2.24, 2.45) is 7.05 Å². The third kappa shape index (κ3) is 2.55. The number of pyridine rings is 1. The summed E-state index contributed by atoms with van der Waals surface area (Å²) in [4.78, 5) is 20.8. The third-order valence-corrected chi connectivity index (χ3v) is 4.34. The normalized spacial score (nSPS) is 16.6. The molecule has 1 atom stereocenters. The zero-order valence-corrected chi connectivity index (χ0v) is 13.3. The molecule has 3 aromatic rings. The molecule has 8 heteroatoms. The van der Waals surface area contributed by atoms with Gasteiger partial charge in [0, 0.05) is 30.1 Å². The Morgan fingerprint density at radius 1 is 1.38 bits per heavy atom. The lowest BCUT2D eigenvalue weighted by molar-refractivity contribution is 0.0932. The van der Waals surface area contributed by atoms with Crippen LogP contribution in [-0.2, 0) is 13.5 Å². The number of hydrogen-bond acceptors (Lipinski definition) is 5. The maximum absolute atomic E-state index is 12.6. The van der Waals surface area contributed by atoms with E-state index in [0.29, 0.717) is 11.4 Å². The van der Waals surface area contributed by atoms with Gasteiger partial charge in [0.05, 0.1) is 12.2 Å². The molecule has 1 N–H and O–H groups in total. The van der Waals surface area contributed by atoms with Gasteiger partial charge in [-0.25, -0.2) is 14.6 Å². The summed E-state index contributed by atoms with van der Waals surface area (Å²) in [7, 11) is 1.94. The van der Waals surface area contributed by atoms with Gasteiger partial charge < -0.3 is 5.32 Å². The summed E-state index contributed by atoms with van der Waals surface area (Å²) in [6.45, 7) is 0. The third-order valence-electron chi connectivity index (χ3n) is 4.34. The molecule has 122 valence electrons. The molecule has 1 aliphatic carbocycles. The van der Waals surface area contributed by atoms with Crippen LogP contribution in [0.15, 0.2) is 37.2 Å². The Morgan fingerprint density at radius 3 is 3.12 bits per heavy atom. The Balaban J connectivity index is 1.56. The monoisotopic (exact) mass is 323 g/mol. The quantitative estimate of drug-likeness (QED) is 0.782. The topological polar surface area (TPSA) is 90.5 Å². The Morgan fingerprint density at radius 2 is 2.29 bits per heavy atom. The second-order valence-electron chi connectivity index (χ2n) is 5.83. The second-order valence-corrected chi connectivity index (χ2v) is 5.83. The molecule has 0 saturated heterocycles. The number of carbonyl (C=O) groups is 1. The highest BCUT2D eigenvalue weighted by Gasteiger charge is 2.25. The molecule has 24 heavy (non-hydrogen) atoms. The molecule has 0 bridgehead atoms. The van der Waals surface area contributed by atoms with E-state index in [1.807, 2.05) is 17.9 Å². The molecule has 3 aromatic heterocycles. The lowest BCUT2D eigenvalue weighted by Crippen LogP contribution is -2.31. The number of amides is 1. The molecule has 0 fully saturated rings. The van der Waals surface area contributed by atoms with Crippen molar-refractivity contribution in [3.05, 3.63) is 54.0 Å².